The van der Waals surface area contributed by atoms with Crippen LogP contribution in [-0.4, -0.2) is 11.0 Å². The van der Waals surface area contributed by atoms with Gasteiger partial charge in [-0.05, 0) is 43.5 Å². The number of aromatic hydroxyl groups is 1. The maximum atomic E-state index is 12.3. The highest BCUT2D eigenvalue weighted by atomic mass is 16.3. The molecule has 0 bridgehead atoms. The summed E-state index contributed by atoms with van der Waals surface area (Å²) in [5.74, 6) is 0.0261. The molecule has 0 spiro atoms. The fraction of sp³-hybridized carbons (Fsp3) is 0.188. The Bertz CT molecular complexity index is 612. The molecule has 0 radical (unpaired) electrons. The molecule has 98 valence electrons. The first-order valence-corrected chi connectivity index (χ1v) is 6.16. The number of nitrogens with one attached hydrogen (secondary N) is 1. The van der Waals surface area contributed by atoms with Crippen LogP contribution in [0.25, 0.3) is 0 Å². The van der Waals surface area contributed by atoms with Crippen molar-refractivity contribution in [2.24, 2.45) is 0 Å². The number of amides is 1. The van der Waals surface area contributed by atoms with Crippen molar-refractivity contribution < 1.29 is 9.90 Å². The lowest BCUT2D eigenvalue weighted by atomic mass is 10.0. The summed E-state index contributed by atoms with van der Waals surface area (Å²) < 4.78 is 0. The largest absolute Gasteiger partial charge is 0.508 e. The zero-order valence-electron chi connectivity index (χ0n) is 11.3. The Morgan fingerprint density at radius 2 is 1.63 bits per heavy atom. The summed E-state index contributed by atoms with van der Waals surface area (Å²) in [4.78, 5) is 12.3. The number of carbonyl (C=O) groups excluding carboxylic acids is 1. The Kier molecular flexibility index (Phi) is 3.56. The summed E-state index contributed by atoms with van der Waals surface area (Å²) in [6, 6.07) is 10.9. The number of rotatable bonds is 2. The van der Waals surface area contributed by atoms with Gasteiger partial charge < -0.3 is 10.4 Å². The Hall–Kier alpha value is -2.29. The molecule has 0 saturated carbocycles. The average molecular weight is 255 g/mol. The summed E-state index contributed by atoms with van der Waals surface area (Å²) in [6.45, 7) is 5.63. The van der Waals surface area contributed by atoms with Gasteiger partial charge in [0, 0.05) is 17.3 Å². The van der Waals surface area contributed by atoms with Gasteiger partial charge in [-0.1, -0.05) is 24.3 Å². The highest BCUT2D eigenvalue weighted by molar-refractivity contribution is 6.06. The van der Waals surface area contributed by atoms with E-state index >= 15 is 0 Å². The normalized spacial score (nSPS) is 10.3. The molecule has 2 aromatic carbocycles. The van der Waals surface area contributed by atoms with Crippen molar-refractivity contribution >= 4 is 11.6 Å². The van der Waals surface area contributed by atoms with Crippen molar-refractivity contribution in [1.29, 1.82) is 0 Å². The van der Waals surface area contributed by atoms with Gasteiger partial charge in [0.25, 0.3) is 5.91 Å². The minimum atomic E-state index is -0.154. The molecule has 2 aromatic rings. The van der Waals surface area contributed by atoms with Crippen molar-refractivity contribution in [3.8, 4) is 5.75 Å². The number of phenols is 1. The smallest absolute Gasteiger partial charge is 0.256 e. The highest BCUT2D eigenvalue weighted by Crippen LogP contribution is 2.22. The maximum Gasteiger partial charge on any atom is 0.256 e. The molecule has 2 rings (SSSR count). The van der Waals surface area contributed by atoms with Crippen LogP contribution in [0.2, 0.25) is 0 Å². The number of hydrogen-bond donors (Lipinski definition) is 2. The van der Waals surface area contributed by atoms with E-state index in [4.69, 9.17) is 0 Å². The van der Waals surface area contributed by atoms with Gasteiger partial charge in [0.15, 0.2) is 0 Å². The molecule has 3 heteroatoms. The van der Waals surface area contributed by atoms with Gasteiger partial charge in [0.2, 0.25) is 0 Å². The molecule has 19 heavy (non-hydrogen) atoms. The Morgan fingerprint density at radius 1 is 1.00 bits per heavy atom. The molecule has 0 aliphatic carbocycles. The Balaban J connectivity index is 2.28. The minimum absolute atomic E-state index is 0.154. The summed E-state index contributed by atoms with van der Waals surface area (Å²) in [5, 5.41) is 12.5. The lowest BCUT2D eigenvalue weighted by Crippen LogP contribution is -2.14. The summed E-state index contributed by atoms with van der Waals surface area (Å²) in [6.07, 6.45) is 0. The predicted octanol–water partition coefficient (Wildman–Crippen LogP) is 3.57. The van der Waals surface area contributed by atoms with E-state index in [0.29, 0.717) is 11.3 Å². The molecule has 0 aliphatic heterocycles. The van der Waals surface area contributed by atoms with Gasteiger partial charge in [0.1, 0.15) is 5.75 Å². The van der Waals surface area contributed by atoms with Crippen molar-refractivity contribution in [2.45, 2.75) is 20.8 Å². The first-order chi connectivity index (χ1) is 8.99. The number of hydrogen-bond acceptors (Lipinski definition) is 2. The van der Waals surface area contributed by atoms with Gasteiger partial charge in [-0.15, -0.1) is 0 Å². The second-order valence-corrected chi connectivity index (χ2v) is 4.72. The van der Waals surface area contributed by atoms with E-state index in [1.54, 1.807) is 18.2 Å². The molecule has 2 N–H and O–H groups in total. The minimum Gasteiger partial charge on any atom is -0.508 e. The third-order valence-electron chi connectivity index (χ3n) is 3.18. The van der Waals surface area contributed by atoms with E-state index in [2.05, 4.69) is 5.32 Å². The molecule has 1 amide bonds. The summed E-state index contributed by atoms with van der Waals surface area (Å²) in [5.41, 5.74) is 3.94. The SMILES string of the molecule is Cc1ccc(NC(=O)c2c(C)cccc2C)cc1O. The Morgan fingerprint density at radius 3 is 2.21 bits per heavy atom. The van der Waals surface area contributed by atoms with E-state index in [9.17, 15) is 9.90 Å². The van der Waals surface area contributed by atoms with Crippen LogP contribution in [0.4, 0.5) is 5.69 Å². The van der Waals surface area contributed by atoms with E-state index in [0.717, 1.165) is 16.7 Å². The molecule has 0 aliphatic rings. The molecule has 0 unspecified atom stereocenters. The number of anilines is 1. The van der Waals surface area contributed by atoms with Gasteiger partial charge in [-0.25, -0.2) is 0 Å². The van der Waals surface area contributed by atoms with Crippen LogP contribution in [0.15, 0.2) is 36.4 Å². The van der Waals surface area contributed by atoms with Crippen LogP contribution in [0, 0.1) is 20.8 Å². The van der Waals surface area contributed by atoms with Gasteiger partial charge >= 0.3 is 0 Å². The quantitative estimate of drug-likeness (QED) is 0.861. The van der Waals surface area contributed by atoms with E-state index < -0.39 is 0 Å². The van der Waals surface area contributed by atoms with E-state index in [1.807, 2.05) is 39.0 Å². The highest BCUT2D eigenvalue weighted by Gasteiger charge is 2.12. The fourth-order valence-electron chi connectivity index (χ4n) is 2.05. The topological polar surface area (TPSA) is 49.3 Å². The molecule has 0 aromatic heterocycles. The first-order valence-electron chi connectivity index (χ1n) is 6.16. The lowest BCUT2D eigenvalue weighted by molar-refractivity contribution is 0.102. The first kappa shape index (κ1) is 13.1. The van der Waals surface area contributed by atoms with Crippen LogP contribution < -0.4 is 5.32 Å². The molecule has 0 atom stereocenters. The van der Waals surface area contributed by atoms with Gasteiger partial charge in [0.05, 0.1) is 0 Å². The monoisotopic (exact) mass is 255 g/mol. The second kappa shape index (κ2) is 5.14. The van der Waals surface area contributed by atoms with Crippen molar-refractivity contribution in [2.75, 3.05) is 5.32 Å². The van der Waals surface area contributed by atoms with Crippen LogP contribution in [0.1, 0.15) is 27.0 Å². The van der Waals surface area contributed by atoms with Crippen LogP contribution in [-0.2, 0) is 0 Å². The molecular formula is C16H17NO2. The summed E-state index contributed by atoms with van der Waals surface area (Å²) >= 11 is 0. The van der Waals surface area contributed by atoms with Gasteiger partial charge in [-0.2, -0.15) is 0 Å². The van der Waals surface area contributed by atoms with Crippen molar-refractivity contribution in [1.82, 2.24) is 0 Å². The lowest BCUT2D eigenvalue weighted by Gasteiger charge is -2.11. The predicted molar refractivity (Wildman–Crippen MR) is 76.7 cm³/mol. The fourth-order valence-corrected chi connectivity index (χ4v) is 2.05. The standard InChI is InChI=1S/C16H17NO2/c1-10-7-8-13(9-14(10)18)17-16(19)15-11(2)5-4-6-12(15)3/h4-9,18H,1-3H3,(H,17,19). The molecule has 0 fully saturated rings. The van der Waals surface area contributed by atoms with E-state index in [-0.39, 0.29) is 11.7 Å². The zero-order chi connectivity index (χ0) is 14.0. The molecule has 0 heterocycles. The number of benzene rings is 2. The average Bonchev–Trinajstić information content (AvgIpc) is 2.33. The van der Waals surface area contributed by atoms with Crippen LogP contribution in [0.3, 0.4) is 0 Å². The van der Waals surface area contributed by atoms with Crippen LogP contribution >= 0.6 is 0 Å². The third kappa shape index (κ3) is 2.76. The molecule has 3 nitrogen and oxygen atoms in total. The zero-order valence-corrected chi connectivity index (χ0v) is 11.3. The Labute approximate surface area is 112 Å². The van der Waals surface area contributed by atoms with Crippen molar-refractivity contribution in [3.05, 3.63) is 58.7 Å². The van der Waals surface area contributed by atoms with Gasteiger partial charge in [-0.3, -0.25) is 4.79 Å². The number of carbonyl (C=O) groups is 1. The number of aryl methyl sites for hydroxylation is 3. The van der Waals surface area contributed by atoms with Crippen LogP contribution in [0.5, 0.6) is 5.75 Å². The maximum absolute atomic E-state index is 12.3. The van der Waals surface area contributed by atoms with Crippen molar-refractivity contribution in [3.63, 3.8) is 0 Å². The van der Waals surface area contributed by atoms with E-state index in [1.165, 1.54) is 0 Å². The summed E-state index contributed by atoms with van der Waals surface area (Å²) in [7, 11) is 0. The second-order valence-electron chi connectivity index (χ2n) is 4.72. The molecular weight excluding hydrogens is 238 g/mol. The third-order valence-corrected chi connectivity index (χ3v) is 3.18. The number of phenolic OH excluding ortho intramolecular Hbond substituents is 1. The molecule has 0 saturated heterocycles.